The van der Waals surface area contributed by atoms with Crippen molar-refractivity contribution in [2.45, 2.75) is 24.8 Å². The number of nitrogens with one attached hydrogen (secondary N) is 3. The van der Waals surface area contributed by atoms with Gasteiger partial charge < -0.3 is 16.0 Å². The Morgan fingerprint density at radius 3 is 2.22 bits per heavy atom. The third-order valence-electron chi connectivity index (χ3n) is 4.85. The lowest BCUT2D eigenvalue weighted by molar-refractivity contribution is -0.341. The van der Waals surface area contributed by atoms with Gasteiger partial charge in [-0.1, -0.05) is 11.6 Å². The van der Waals surface area contributed by atoms with Gasteiger partial charge in [-0.25, -0.2) is 0 Å². The maximum absolute atomic E-state index is 14.0. The van der Waals surface area contributed by atoms with Gasteiger partial charge in [-0.15, -0.1) is 4.99 Å². The fraction of sp³-hybridized carbons (Fsp3) is 0.286. The van der Waals surface area contributed by atoms with Crippen molar-refractivity contribution in [2.75, 3.05) is 11.9 Å². The first-order valence-corrected chi connectivity index (χ1v) is 10.2. The second kappa shape index (κ2) is 11.6. The summed E-state index contributed by atoms with van der Waals surface area (Å²) in [6.45, 7) is -1.91. The van der Waals surface area contributed by atoms with Crippen LogP contribution in [0.5, 0.6) is 0 Å². The number of amides is 1. The van der Waals surface area contributed by atoms with Crippen molar-refractivity contribution in [2.24, 2.45) is 10.4 Å². The van der Waals surface area contributed by atoms with E-state index in [1.165, 1.54) is 48.9 Å². The Kier molecular flexibility index (Phi) is 9.08. The van der Waals surface area contributed by atoms with Crippen LogP contribution in [0.15, 0.2) is 53.8 Å². The Hall–Kier alpha value is -4.04. The van der Waals surface area contributed by atoms with Crippen molar-refractivity contribution in [3.05, 3.63) is 59.4 Å². The molecule has 0 fully saturated rings. The van der Waals surface area contributed by atoms with E-state index >= 15 is 0 Å². The molecule has 0 aliphatic rings. The van der Waals surface area contributed by atoms with Gasteiger partial charge in [-0.2, -0.15) is 36.9 Å². The normalized spacial score (nSPS) is 13.2. The number of aromatic nitrogens is 1. The fourth-order valence-corrected chi connectivity index (χ4v) is 3.09. The Balaban J connectivity index is 2.34. The highest BCUT2D eigenvalue weighted by molar-refractivity contribution is 6.30. The average molecular weight is 532 g/mol. The summed E-state index contributed by atoms with van der Waals surface area (Å²) in [6.07, 6.45) is -9.78. The van der Waals surface area contributed by atoms with Crippen LogP contribution >= 0.6 is 11.6 Å². The molecule has 0 spiro atoms. The number of aliphatic imine (C=N–C) groups is 1. The smallest absolute Gasteiger partial charge is 0.351 e. The number of hydrogen-bond acceptors (Lipinski definition) is 5. The average Bonchev–Trinajstić information content (AvgIpc) is 2.80. The monoisotopic (exact) mass is 531 g/mol. The van der Waals surface area contributed by atoms with Crippen LogP contribution in [0.3, 0.4) is 0 Å². The van der Waals surface area contributed by atoms with E-state index in [1.807, 2.05) is 0 Å². The highest BCUT2D eigenvalue weighted by Gasteiger charge is 2.71. The molecular weight excluding hydrogens is 516 g/mol. The van der Waals surface area contributed by atoms with E-state index < -0.39 is 48.6 Å². The summed E-state index contributed by atoms with van der Waals surface area (Å²) in [5.74, 6) is -1.79. The first-order valence-electron chi connectivity index (χ1n) is 9.80. The van der Waals surface area contributed by atoms with E-state index in [0.29, 0.717) is 0 Å². The quantitative estimate of drug-likeness (QED) is 0.210. The third-order valence-corrected chi connectivity index (χ3v) is 5.10. The summed E-state index contributed by atoms with van der Waals surface area (Å²) < 4.78 is 83.8. The number of anilines is 1. The summed E-state index contributed by atoms with van der Waals surface area (Å²) in [5, 5.41) is 24.6. The van der Waals surface area contributed by atoms with Gasteiger partial charge in [0.1, 0.15) is 6.04 Å². The summed E-state index contributed by atoms with van der Waals surface area (Å²) in [6, 6.07) is 6.76. The molecule has 1 aromatic heterocycles. The molecule has 0 radical (unpaired) electrons. The topological polar surface area (TPSA) is 126 Å². The van der Waals surface area contributed by atoms with Gasteiger partial charge >= 0.3 is 12.4 Å². The van der Waals surface area contributed by atoms with Gasteiger partial charge in [0.05, 0.1) is 18.0 Å². The van der Waals surface area contributed by atoms with E-state index in [0.717, 1.165) is 12.1 Å². The lowest BCUT2D eigenvalue weighted by Gasteiger charge is -2.38. The van der Waals surface area contributed by atoms with Gasteiger partial charge in [0, 0.05) is 29.7 Å². The number of nitriles is 2. The number of halogens is 7. The fourth-order valence-electron chi connectivity index (χ4n) is 2.96. The lowest BCUT2D eigenvalue weighted by atomic mass is 9.79. The number of nitrogens with zero attached hydrogens (tertiary/aromatic N) is 4. The minimum atomic E-state index is -5.93. The van der Waals surface area contributed by atoms with Crippen LogP contribution in [0.4, 0.5) is 32.0 Å². The molecule has 0 aliphatic heterocycles. The van der Waals surface area contributed by atoms with Crippen LogP contribution in [0, 0.1) is 28.2 Å². The predicted molar refractivity (Wildman–Crippen MR) is 116 cm³/mol. The van der Waals surface area contributed by atoms with Crippen molar-refractivity contribution in [1.29, 1.82) is 10.5 Å². The number of hydrogen-bond donors (Lipinski definition) is 3. The maximum Gasteiger partial charge on any atom is 0.405 e. The highest BCUT2D eigenvalue weighted by Crippen LogP contribution is 2.53. The molecule has 1 heterocycles. The molecule has 1 unspecified atom stereocenters. The van der Waals surface area contributed by atoms with E-state index in [9.17, 15) is 36.4 Å². The Morgan fingerprint density at radius 1 is 1.08 bits per heavy atom. The summed E-state index contributed by atoms with van der Waals surface area (Å²) >= 11 is 5.67. The lowest BCUT2D eigenvalue weighted by Crippen LogP contribution is -2.59. The zero-order valence-electron chi connectivity index (χ0n) is 18.0. The molecule has 1 atom stereocenters. The zero-order chi connectivity index (χ0) is 27.0. The van der Waals surface area contributed by atoms with Crippen molar-refractivity contribution in [3.63, 3.8) is 0 Å². The molecule has 3 N–H and O–H groups in total. The van der Waals surface area contributed by atoms with Gasteiger partial charge in [-0.05, 0) is 36.4 Å². The van der Waals surface area contributed by atoms with E-state index in [-0.39, 0.29) is 16.3 Å². The number of benzene rings is 1. The van der Waals surface area contributed by atoms with Crippen LogP contribution in [0.1, 0.15) is 16.8 Å². The van der Waals surface area contributed by atoms with Gasteiger partial charge in [0.2, 0.25) is 12.2 Å². The van der Waals surface area contributed by atoms with Gasteiger partial charge in [0.15, 0.2) is 5.41 Å². The number of pyridine rings is 1. The van der Waals surface area contributed by atoms with Crippen molar-refractivity contribution in [1.82, 2.24) is 15.6 Å². The van der Waals surface area contributed by atoms with Crippen LogP contribution in [0.2, 0.25) is 5.02 Å². The standard InChI is InChI=1S/C21H16ClF6N7O/c22-14-5-3-13(4-6-14)17(36)32-11-19(20(23,24)25,21(26,27)28)8-16(9-29)35-18(33-12-30)34-15-2-1-7-31-10-15/h1-7,10,16H,8,11H2,(H,32,36)(H2,33,34,35). The van der Waals surface area contributed by atoms with Crippen LogP contribution in [-0.2, 0) is 0 Å². The Labute approximate surface area is 205 Å². The Bertz CT molecular complexity index is 1140. The molecule has 2 aromatic rings. The molecule has 15 heteroatoms. The maximum atomic E-state index is 14.0. The molecular formula is C21H16ClF6N7O. The molecule has 0 saturated heterocycles. The number of carbonyl (C=O) groups is 1. The molecule has 2 rings (SSSR count). The van der Waals surface area contributed by atoms with Gasteiger partial charge in [0.25, 0.3) is 5.91 Å². The molecule has 8 nitrogen and oxygen atoms in total. The molecule has 190 valence electrons. The molecule has 0 saturated carbocycles. The minimum Gasteiger partial charge on any atom is -0.351 e. The van der Waals surface area contributed by atoms with E-state index in [2.05, 4.69) is 20.6 Å². The van der Waals surface area contributed by atoms with Gasteiger partial charge in [-0.3, -0.25) is 9.78 Å². The first kappa shape index (κ1) is 28.2. The summed E-state index contributed by atoms with van der Waals surface area (Å²) in [4.78, 5) is 19.3. The largest absolute Gasteiger partial charge is 0.405 e. The molecule has 0 aliphatic carbocycles. The second-order valence-corrected chi connectivity index (χ2v) is 7.66. The molecule has 1 amide bonds. The van der Waals surface area contributed by atoms with Crippen LogP contribution in [-0.4, -0.2) is 41.8 Å². The van der Waals surface area contributed by atoms with E-state index in [4.69, 9.17) is 16.9 Å². The molecule has 1 aromatic carbocycles. The van der Waals surface area contributed by atoms with E-state index in [1.54, 1.807) is 5.32 Å². The SMILES string of the molecule is N#CN=C(Nc1cccnc1)NC(C#N)CC(CNC(=O)c1ccc(Cl)cc1)(C(F)(F)F)C(F)(F)F. The molecule has 0 bridgehead atoms. The minimum absolute atomic E-state index is 0.184. The Morgan fingerprint density at radius 2 is 1.72 bits per heavy atom. The van der Waals surface area contributed by atoms with Crippen LogP contribution < -0.4 is 16.0 Å². The summed E-state index contributed by atoms with van der Waals surface area (Å²) in [7, 11) is 0. The number of guanidine groups is 1. The second-order valence-electron chi connectivity index (χ2n) is 7.22. The molecule has 36 heavy (non-hydrogen) atoms. The predicted octanol–water partition coefficient (Wildman–Crippen LogP) is 4.40. The summed E-state index contributed by atoms with van der Waals surface area (Å²) in [5.41, 5.74) is -4.57. The zero-order valence-corrected chi connectivity index (χ0v) is 18.7. The number of alkyl halides is 6. The third kappa shape index (κ3) is 6.99. The van der Waals surface area contributed by atoms with Crippen molar-refractivity contribution < 1.29 is 31.1 Å². The van der Waals surface area contributed by atoms with Crippen molar-refractivity contribution in [3.8, 4) is 12.3 Å². The van der Waals surface area contributed by atoms with Crippen LogP contribution in [0.25, 0.3) is 0 Å². The first-order chi connectivity index (χ1) is 16.8. The number of carbonyl (C=O) groups excluding carboxylic acids is 1. The number of rotatable bonds is 7. The highest BCUT2D eigenvalue weighted by atomic mass is 35.5. The van der Waals surface area contributed by atoms with Crippen molar-refractivity contribution >= 4 is 29.2 Å².